The average Bonchev–Trinajstić information content (AvgIpc) is 2.29. The highest BCUT2D eigenvalue weighted by Gasteiger charge is 1.87. The van der Waals surface area contributed by atoms with Gasteiger partial charge in [-0.15, -0.1) is 0 Å². The molecule has 0 bridgehead atoms. The van der Waals surface area contributed by atoms with Gasteiger partial charge in [-0.25, -0.2) is 0 Å². The summed E-state index contributed by atoms with van der Waals surface area (Å²) in [5, 5.41) is 0. The fourth-order valence-corrected chi connectivity index (χ4v) is 1.04. The Hall–Kier alpha value is -2.03. The summed E-state index contributed by atoms with van der Waals surface area (Å²) in [7, 11) is 0. The summed E-state index contributed by atoms with van der Waals surface area (Å²) in [5.74, 6) is 0. The van der Waals surface area contributed by atoms with E-state index in [2.05, 4.69) is 15.0 Å². The van der Waals surface area contributed by atoms with Crippen molar-refractivity contribution in [2.75, 3.05) is 0 Å². The van der Waals surface area contributed by atoms with E-state index < -0.39 is 0 Å². The third-order valence-corrected chi connectivity index (χ3v) is 1.70. The van der Waals surface area contributed by atoms with Crippen LogP contribution in [0, 0.1) is 0 Å². The molecule has 3 heteroatoms. The third-order valence-electron chi connectivity index (χ3n) is 1.70. The number of hydrogen-bond donors (Lipinski definition) is 0. The maximum atomic E-state index is 4.16. The van der Waals surface area contributed by atoms with Gasteiger partial charge in [0, 0.05) is 18.6 Å². The lowest BCUT2D eigenvalue weighted by Crippen LogP contribution is -1.81. The van der Waals surface area contributed by atoms with Crippen LogP contribution in [0.4, 0.5) is 0 Å². The van der Waals surface area contributed by atoms with Crippen molar-refractivity contribution in [1.82, 2.24) is 15.0 Å². The number of rotatable bonds is 2. The van der Waals surface area contributed by atoms with Crippen LogP contribution in [0.15, 0.2) is 43.0 Å². The Labute approximate surface area is 82.2 Å². The lowest BCUT2D eigenvalue weighted by atomic mass is 10.3. The Morgan fingerprint density at radius 1 is 0.857 bits per heavy atom. The summed E-state index contributed by atoms with van der Waals surface area (Å²) in [6.07, 6.45) is 10.6. The molecule has 3 nitrogen and oxygen atoms in total. The van der Waals surface area contributed by atoms with Crippen molar-refractivity contribution in [1.29, 1.82) is 0 Å². The predicted molar refractivity (Wildman–Crippen MR) is 55.2 cm³/mol. The minimum atomic E-state index is 0.832. The highest BCUT2D eigenvalue weighted by molar-refractivity contribution is 5.65. The molecule has 2 heterocycles. The molecular formula is C11H9N3. The van der Waals surface area contributed by atoms with Crippen LogP contribution in [-0.2, 0) is 0 Å². The second kappa shape index (κ2) is 4.28. The first-order valence-corrected chi connectivity index (χ1v) is 4.30. The topological polar surface area (TPSA) is 38.7 Å². The molecule has 14 heavy (non-hydrogen) atoms. The van der Waals surface area contributed by atoms with Crippen LogP contribution in [-0.4, -0.2) is 15.0 Å². The molecule has 0 aliphatic carbocycles. The summed E-state index contributed by atoms with van der Waals surface area (Å²) < 4.78 is 0. The molecule has 0 atom stereocenters. The predicted octanol–water partition coefficient (Wildman–Crippen LogP) is 2.04. The number of nitrogens with zero attached hydrogens (tertiary/aromatic N) is 3. The summed E-state index contributed by atoms with van der Waals surface area (Å²) >= 11 is 0. The van der Waals surface area contributed by atoms with E-state index in [0.29, 0.717) is 0 Å². The highest BCUT2D eigenvalue weighted by Crippen LogP contribution is 2.01. The second-order valence-electron chi connectivity index (χ2n) is 2.72. The van der Waals surface area contributed by atoms with E-state index >= 15 is 0 Å². The molecule has 0 spiro atoms. The maximum Gasteiger partial charge on any atom is 0.0813 e. The summed E-state index contributed by atoms with van der Waals surface area (Å²) in [5.41, 5.74) is 1.75. The van der Waals surface area contributed by atoms with E-state index in [9.17, 15) is 0 Å². The standard InChI is InChI=1S/C11H9N3/c1-2-6-13-10(3-1)4-5-11-9-12-7-8-14-11/h1-9H/b5-4+. The molecule has 68 valence electrons. The molecule has 0 N–H and O–H groups in total. The zero-order valence-electron chi connectivity index (χ0n) is 7.54. The van der Waals surface area contributed by atoms with Crippen molar-refractivity contribution >= 4 is 12.2 Å². The molecule has 2 rings (SSSR count). The Morgan fingerprint density at radius 3 is 2.43 bits per heavy atom. The highest BCUT2D eigenvalue weighted by atomic mass is 14.8. The molecule has 2 aromatic heterocycles. The van der Waals surface area contributed by atoms with E-state index in [4.69, 9.17) is 0 Å². The molecule has 0 fully saturated rings. The Bertz CT molecular complexity index is 368. The lowest BCUT2D eigenvalue weighted by molar-refractivity contribution is 1.18. The van der Waals surface area contributed by atoms with Gasteiger partial charge in [0.2, 0.25) is 0 Å². The minimum Gasteiger partial charge on any atom is -0.261 e. The van der Waals surface area contributed by atoms with Gasteiger partial charge in [-0.3, -0.25) is 15.0 Å². The first kappa shape index (κ1) is 8.56. The maximum absolute atomic E-state index is 4.16. The van der Waals surface area contributed by atoms with Gasteiger partial charge in [0.05, 0.1) is 17.6 Å². The quantitative estimate of drug-likeness (QED) is 0.715. The van der Waals surface area contributed by atoms with Crippen LogP contribution in [0.5, 0.6) is 0 Å². The second-order valence-corrected chi connectivity index (χ2v) is 2.72. The molecule has 0 amide bonds. The number of hydrogen-bond acceptors (Lipinski definition) is 3. The molecular weight excluding hydrogens is 174 g/mol. The molecule has 0 aliphatic heterocycles. The minimum absolute atomic E-state index is 0.832. The molecule has 2 aromatic rings. The smallest absolute Gasteiger partial charge is 0.0813 e. The first-order valence-electron chi connectivity index (χ1n) is 4.30. The van der Waals surface area contributed by atoms with Gasteiger partial charge in [0.25, 0.3) is 0 Å². The normalized spacial score (nSPS) is 10.6. The van der Waals surface area contributed by atoms with Crippen LogP contribution in [0.3, 0.4) is 0 Å². The van der Waals surface area contributed by atoms with Gasteiger partial charge in [-0.05, 0) is 24.3 Å². The van der Waals surface area contributed by atoms with Crippen molar-refractivity contribution in [2.45, 2.75) is 0 Å². The third kappa shape index (κ3) is 2.23. The van der Waals surface area contributed by atoms with E-state index in [1.165, 1.54) is 0 Å². The van der Waals surface area contributed by atoms with Crippen LogP contribution in [0.1, 0.15) is 11.4 Å². The molecule has 0 aliphatic rings. The van der Waals surface area contributed by atoms with E-state index in [1.807, 2.05) is 30.4 Å². The van der Waals surface area contributed by atoms with Crippen LogP contribution < -0.4 is 0 Å². The van der Waals surface area contributed by atoms with Crippen molar-refractivity contribution in [3.8, 4) is 0 Å². The molecule has 0 aromatic carbocycles. The van der Waals surface area contributed by atoms with Gasteiger partial charge in [0.15, 0.2) is 0 Å². The Kier molecular flexibility index (Phi) is 2.62. The number of aromatic nitrogens is 3. The zero-order chi connectivity index (χ0) is 9.64. The van der Waals surface area contributed by atoms with Gasteiger partial charge in [0.1, 0.15) is 0 Å². The van der Waals surface area contributed by atoms with Crippen molar-refractivity contribution < 1.29 is 0 Å². The van der Waals surface area contributed by atoms with Gasteiger partial charge >= 0.3 is 0 Å². The summed E-state index contributed by atoms with van der Waals surface area (Å²) in [6.45, 7) is 0. The van der Waals surface area contributed by atoms with E-state index in [1.54, 1.807) is 24.8 Å². The van der Waals surface area contributed by atoms with Gasteiger partial charge < -0.3 is 0 Å². The van der Waals surface area contributed by atoms with E-state index in [-0.39, 0.29) is 0 Å². The van der Waals surface area contributed by atoms with Crippen molar-refractivity contribution in [3.05, 3.63) is 54.4 Å². The SMILES string of the molecule is C(=C\c1cnccn1)/c1ccccn1. The summed E-state index contributed by atoms with van der Waals surface area (Å²) in [6, 6.07) is 5.77. The van der Waals surface area contributed by atoms with Crippen LogP contribution >= 0.6 is 0 Å². The molecule has 0 saturated heterocycles. The monoisotopic (exact) mass is 183 g/mol. The molecule has 0 radical (unpaired) electrons. The Balaban J connectivity index is 2.16. The average molecular weight is 183 g/mol. The van der Waals surface area contributed by atoms with Gasteiger partial charge in [-0.1, -0.05) is 6.07 Å². The molecule has 0 saturated carbocycles. The van der Waals surface area contributed by atoms with Crippen LogP contribution in [0.2, 0.25) is 0 Å². The fourth-order valence-electron chi connectivity index (χ4n) is 1.04. The molecule has 0 unspecified atom stereocenters. The fraction of sp³-hybridized carbons (Fsp3) is 0. The lowest BCUT2D eigenvalue weighted by Gasteiger charge is -1.91. The van der Waals surface area contributed by atoms with E-state index in [0.717, 1.165) is 11.4 Å². The largest absolute Gasteiger partial charge is 0.261 e. The van der Waals surface area contributed by atoms with Gasteiger partial charge in [-0.2, -0.15) is 0 Å². The van der Waals surface area contributed by atoms with Crippen molar-refractivity contribution in [3.63, 3.8) is 0 Å². The Morgan fingerprint density at radius 2 is 1.71 bits per heavy atom. The zero-order valence-corrected chi connectivity index (χ0v) is 7.54. The first-order chi connectivity index (χ1) is 6.95. The van der Waals surface area contributed by atoms with Crippen LogP contribution in [0.25, 0.3) is 12.2 Å². The number of pyridine rings is 1. The van der Waals surface area contributed by atoms with Crippen molar-refractivity contribution in [2.24, 2.45) is 0 Å². The summed E-state index contributed by atoms with van der Waals surface area (Å²) in [4.78, 5) is 12.2.